The molecule has 110 valence electrons. The second-order valence-electron chi connectivity index (χ2n) is 4.61. The SMILES string of the molecule is CCC(CC)(CO)CNS(=O)(=O)c1ccc(CN)o1. The summed E-state index contributed by atoms with van der Waals surface area (Å²) in [6.45, 7) is 4.12. The Kier molecular flexibility index (Phi) is 5.54. The highest BCUT2D eigenvalue weighted by molar-refractivity contribution is 7.89. The molecule has 1 aromatic rings. The largest absolute Gasteiger partial charge is 0.447 e. The van der Waals surface area contributed by atoms with Crippen LogP contribution < -0.4 is 10.5 Å². The number of hydrogen-bond donors (Lipinski definition) is 3. The van der Waals surface area contributed by atoms with Crippen molar-refractivity contribution in [3.8, 4) is 0 Å². The van der Waals surface area contributed by atoms with E-state index in [1.807, 2.05) is 13.8 Å². The van der Waals surface area contributed by atoms with Gasteiger partial charge in [0.05, 0.1) is 6.54 Å². The third kappa shape index (κ3) is 3.79. The van der Waals surface area contributed by atoms with E-state index in [4.69, 9.17) is 10.2 Å². The van der Waals surface area contributed by atoms with Crippen LogP contribution in [0.5, 0.6) is 0 Å². The zero-order chi connectivity index (χ0) is 14.5. The van der Waals surface area contributed by atoms with Crippen LogP contribution in [0, 0.1) is 5.41 Å². The fourth-order valence-electron chi connectivity index (χ4n) is 1.71. The van der Waals surface area contributed by atoms with E-state index in [-0.39, 0.29) is 24.8 Å². The van der Waals surface area contributed by atoms with Crippen molar-refractivity contribution in [2.45, 2.75) is 38.3 Å². The van der Waals surface area contributed by atoms with Crippen LogP contribution in [-0.4, -0.2) is 26.7 Å². The Morgan fingerprint density at radius 1 is 1.37 bits per heavy atom. The zero-order valence-corrected chi connectivity index (χ0v) is 12.2. The van der Waals surface area contributed by atoms with Gasteiger partial charge in [-0.25, -0.2) is 13.1 Å². The number of furan rings is 1. The Balaban J connectivity index is 2.80. The van der Waals surface area contributed by atoms with Crippen LogP contribution >= 0.6 is 0 Å². The highest BCUT2D eigenvalue weighted by Gasteiger charge is 2.28. The molecule has 0 aliphatic heterocycles. The average Bonchev–Trinajstić information content (AvgIpc) is 2.90. The van der Waals surface area contributed by atoms with E-state index in [2.05, 4.69) is 4.72 Å². The van der Waals surface area contributed by atoms with Gasteiger partial charge in [0.25, 0.3) is 10.0 Å². The number of hydrogen-bond acceptors (Lipinski definition) is 5. The summed E-state index contributed by atoms with van der Waals surface area (Å²) < 4.78 is 31.7. The van der Waals surface area contributed by atoms with Crippen molar-refractivity contribution in [3.05, 3.63) is 17.9 Å². The van der Waals surface area contributed by atoms with Crippen molar-refractivity contribution in [2.24, 2.45) is 11.1 Å². The Morgan fingerprint density at radius 2 is 2.00 bits per heavy atom. The summed E-state index contributed by atoms with van der Waals surface area (Å²) in [6.07, 6.45) is 1.38. The highest BCUT2D eigenvalue weighted by Crippen LogP contribution is 2.25. The molecule has 0 saturated heterocycles. The van der Waals surface area contributed by atoms with Gasteiger partial charge in [-0.2, -0.15) is 0 Å². The predicted octanol–water partition coefficient (Wildman–Crippen LogP) is 0.815. The van der Waals surface area contributed by atoms with Crippen LogP contribution in [0.15, 0.2) is 21.6 Å². The van der Waals surface area contributed by atoms with E-state index in [1.54, 1.807) is 0 Å². The molecule has 0 radical (unpaired) electrons. The quantitative estimate of drug-likeness (QED) is 0.657. The number of rotatable bonds is 8. The normalized spacial score (nSPS) is 12.8. The van der Waals surface area contributed by atoms with Crippen molar-refractivity contribution in [3.63, 3.8) is 0 Å². The van der Waals surface area contributed by atoms with Crippen molar-refractivity contribution in [1.82, 2.24) is 4.72 Å². The summed E-state index contributed by atoms with van der Waals surface area (Å²) >= 11 is 0. The van der Waals surface area contributed by atoms with Crippen LogP contribution in [0.1, 0.15) is 32.4 Å². The van der Waals surface area contributed by atoms with Gasteiger partial charge in [0.15, 0.2) is 0 Å². The van der Waals surface area contributed by atoms with Gasteiger partial charge in [-0.3, -0.25) is 0 Å². The van der Waals surface area contributed by atoms with Gasteiger partial charge < -0.3 is 15.3 Å². The standard InChI is InChI=1S/C12H22N2O4S/c1-3-12(4-2,9-15)8-14-19(16,17)11-6-5-10(7-13)18-11/h5-6,14-15H,3-4,7-9,13H2,1-2H3. The van der Waals surface area contributed by atoms with E-state index >= 15 is 0 Å². The van der Waals surface area contributed by atoms with Gasteiger partial charge >= 0.3 is 0 Å². The van der Waals surface area contributed by atoms with Crippen LogP contribution in [0.3, 0.4) is 0 Å². The van der Waals surface area contributed by atoms with Crippen LogP contribution in [0.4, 0.5) is 0 Å². The van der Waals surface area contributed by atoms with Crippen molar-refractivity contribution in [1.29, 1.82) is 0 Å². The molecule has 1 heterocycles. The van der Waals surface area contributed by atoms with Crippen molar-refractivity contribution < 1.29 is 17.9 Å². The zero-order valence-electron chi connectivity index (χ0n) is 11.3. The number of aliphatic hydroxyl groups is 1. The van der Waals surface area contributed by atoms with Gasteiger partial charge in [0.2, 0.25) is 5.09 Å². The molecule has 1 rings (SSSR count). The summed E-state index contributed by atoms with van der Waals surface area (Å²) in [4.78, 5) is 0. The molecule has 0 aliphatic carbocycles. The summed E-state index contributed by atoms with van der Waals surface area (Å²) in [5.74, 6) is 0.416. The molecule has 0 amide bonds. The molecule has 0 saturated carbocycles. The molecule has 7 heteroatoms. The van der Waals surface area contributed by atoms with E-state index in [0.29, 0.717) is 18.6 Å². The Morgan fingerprint density at radius 3 is 2.42 bits per heavy atom. The molecular formula is C12H22N2O4S. The third-order valence-corrected chi connectivity index (χ3v) is 4.85. The lowest BCUT2D eigenvalue weighted by atomic mass is 9.84. The van der Waals surface area contributed by atoms with Crippen molar-refractivity contribution in [2.75, 3.05) is 13.2 Å². The highest BCUT2D eigenvalue weighted by atomic mass is 32.2. The second kappa shape index (κ2) is 6.51. The number of aliphatic hydroxyl groups excluding tert-OH is 1. The lowest BCUT2D eigenvalue weighted by Crippen LogP contribution is -2.39. The van der Waals surface area contributed by atoms with E-state index in [1.165, 1.54) is 12.1 Å². The topological polar surface area (TPSA) is 106 Å². The second-order valence-corrected chi connectivity index (χ2v) is 6.31. The first-order chi connectivity index (χ1) is 8.93. The van der Waals surface area contributed by atoms with Gasteiger partial charge in [-0.05, 0) is 25.0 Å². The maximum Gasteiger partial charge on any atom is 0.273 e. The Labute approximate surface area is 114 Å². The van der Waals surface area contributed by atoms with Crippen LogP contribution in [-0.2, 0) is 16.6 Å². The average molecular weight is 290 g/mol. The van der Waals surface area contributed by atoms with Crippen molar-refractivity contribution >= 4 is 10.0 Å². The third-order valence-electron chi connectivity index (χ3n) is 3.58. The fourth-order valence-corrected chi connectivity index (χ4v) is 2.81. The van der Waals surface area contributed by atoms with Gasteiger partial charge in [0.1, 0.15) is 5.76 Å². The first-order valence-electron chi connectivity index (χ1n) is 6.32. The molecule has 1 aromatic heterocycles. The lowest BCUT2D eigenvalue weighted by molar-refractivity contribution is 0.119. The lowest BCUT2D eigenvalue weighted by Gasteiger charge is -2.29. The van der Waals surface area contributed by atoms with Gasteiger partial charge in [0, 0.05) is 18.6 Å². The fraction of sp³-hybridized carbons (Fsp3) is 0.667. The minimum absolute atomic E-state index is 0.0608. The maximum atomic E-state index is 12.0. The minimum Gasteiger partial charge on any atom is -0.447 e. The van der Waals surface area contributed by atoms with E-state index in [9.17, 15) is 13.5 Å². The molecule has 4 N–H and O–H groups in total. The molecule has 0 spiro atoms. The number of nitrogens with two attached hydrogens (primary N) is 1. The molecule has 0 bridgehead atoms. The molecule has 0 aliphatic rings. The molecule has 0 unspecified atom stereocenters. The van der Waals surface area contributed by atoms with E-state index in [0.717, 1.165) is 0 Å². The molecule has 6 nitrogen and oxygen atoms in total. The molecule has 0 atom stereocenters. The van der Waals surface area contributed by atoms with E-state index < -0.39 is 15.4 Å². The molecule has 19 heavy (non-hydrogen) atoms. The first-order valence-corrected chi connectivity index (χ1v) is 7.80. The summed E-state index contributed by atoms with van der Waals surface area (Å²) in [6, 6.07) is 2.91. The summed E-state index contributed by atoms with van der Waals surface area (Å²) in [7, 11) is -3.70. The van der Waals surface area contributed by atoms with Gasteiger partial charge in [-0.1, -0.05) is 13.8 Å². The van der Waals surface area contributed by atoms with Crippen LogP contribution in [0.25, 0.3) is 0 Å². The molecule has 0 aromatic carbocycles. The summed E-state index contributed by atoms with van der Waals surface area (Å²) in [5, 5.41) is 9.27. The smallest absolute Gasteiger partial charge is 0.273 e. The minimum atomic E-state index is -3.70. The monoisotopic (exact) mass is 290 g/mol. The number of sulfonamides is 1. The Hall–Kier alpha value is -0.890. The first kappa shape index (κ1) is 16.2. The molecule has 0 fully saturated rings. The van der Waals surface area contributed by atoms with Gasteiger partial charge in [-0.15, -0.1) is 0 Å². The summed E-state index contributed by atoms with van der Waals surface area (Å²) in [5.41, 5.74) is 4.94. The Bertz CT molecular complexity index is 483. The predicted molar refractivity (Wildman–Crippen MR) is 71.9 cm³/mol. The maximum absolute atomic E-state index is 12.0. The molecular weight excluding hydrogens is 268 g/mol. The number of nitrogens with one attached hydrogen (secondary N) is 1. The van der Waals surface area contributed by atoms with Crippen LogP contribution in [0.2, 0.25) is 0 Å².